The van der Waals surface area contributed by atoms with E-state index in [1.165, 1.54) is 19.1 Å². The molecule has 33 heavy (non-hydrogen) atoms. The topological polar surface area (TPSA) is 129 Å². The average molecular weight is 467 g/mol. The average Bonchev–Trinajstić information content (AvgIpc) is 3.10. The maximum Gasteiger partial charge on any atom is 0.309 e. The molecule has 4 rings (SSSR count). The lowest BCUT2D eigenvalue weighted by atomic mass is 9.96. The highest BCUT2D eigenvalue weighted by atomic mass is 32.2. The highest BCUT2D eigenvalue weighted by molar-refractivity contribution is 7.90. The standard InChI is InChI=1S/C23H22N4O5S/c1-15(22(28)25-18-6-4-5-16(13-18)14-24)32-23(29)17-9-11-27(12-10-17)21-19-7-2-3-8-20(19)33(30,31)26-21/h2-8,13,15,17H,9-12H2,1H3,(H,25,28)/t15-/m1/s1. The molecule has 0 bridgehead atoms. The van der Waals surface area contributed by atoms with Gasteiger partial charge in [0.25, 0.3) is 15.9 Å². The summed E-state index contributed by atoms with van der Waals surface area (Å²) in [5.41, 5.74) is 1.43. The van der Waals surface area contributed by atoms with Gasteiger partial charge in [-0.2, -0.15) is 13.7 Å². The molecule has 0 radical (unpaired) electrons. The number of anilines is 1. The van der Waals surface area contributed by atoms with Crippen LogP contribution in [0.4, 0.5) is 5.69 Å². The molecule has 9 nitrogen and oxygen atoms in total. The Kier molecular flexibility index (Phi) is 6.16. The number of esters is 1. The molecule has 0 aliphatic carbocycles. The number of nitriles is 1. The van der Waals surface area contributed by atoms with Gasteiger partial charge >= 0.3 is 5.97 Å². The van der Waals surface area contributed by atoms with E-state index < -0.39 is 33.9 Å². The summed E-state index contributed by atoms with van der Waals surface area (Å²) >= 11 is 0. The number of amidine groups is 1. The first kappa shape index (κ1) is 22.5. The highest BCUT2D eigenvalue weighted by Gasteiger charge is 2.35. The molecule has 0 aromatic heterocycles. The van der Waals surface area contributed by atoms with Gasteiger partial charge in [-0.05, 0) is 50.1 Å². The molecule has 1 atom stereocenters. The maximum absolute atomic E-state index is 12.6. The largest absolute Gasteiger partial charge is 0.452 e. The van der Waals surface area contributed by atoms with Crippen LogP contribution in [0.5, 0.6) is 0 Å². The Bertz CT molecular complexity index is 1270. The molecule has 1 N–H and O–H groups in total. The van der Waals surface area contributed by atoms with E-state index in [-0.39, 0.29) is 4.90 Å². The van der Waals surface area contributed by atoms with Gasteiger partial charge in [0.05, 0.1) is 17.6 Å². The van der Waals surface area contributed by atoms with Gasteiger partial charge in [-0.25, -0.2) is 0 Å². The SMILES string of the molecule is C[C@@H](OC(=O)C1CCN(C2=NS(=O)(=O)c3ccccc32)CC1)C(=O)Nc1cccc(C#N)c1. The van der Waals surface area contributed by atoms with Gasteiger partial charge in [0, 0.05) is 24.3 Å². The van der Waals surface area contributed by atoms with Gasteiger partial charge in [-0.15, -0.1) is 4.40 Å². The van der Waals surface area contributed by atoms with Crippen molar-refractivity contribution in [2.45, 2.75) is 30.8 Å². The van der Waals surface area contributed by atoms with Crippen molar-refractivity contribution in [2.75, 3.05) is 18.4 Å². The predicted octanol–water partition coefficient (Wildman–Crippen LogP) is 2.29. The minimum absolute atomic E-state index is 0.196. The van der Waals surface area contributed by atoms with E-state index in [9.17, 15) is 18.0 Å². The number of nitrogens with one attached hydrogen (secondary N) is 1. The molecule has 0 saturated carbocycles. The smallest absolute Gasteiger partial charge is 0.309 e. The number of carbonyl (C=O) groups is 2. The van der Waals surface area contributed by atoms with E-state index in [2.05, 4.69) is 9.71 Å². The number of amides is 1. The number of rotatable bonds is 4. The monoisotopic (exact) mass is 466 g/mol. The zero-order chi connectivity index (χ0) is 23.6. The molecule has 2 aromatic carbocycles. The van der Waals surface area contributed by atoms with Gasteiger partial charge in [0.1, 0.15) is 4.90 Å². The Labute approximate surface area is 191 Å². The van der Waals surface area contributed by atoms with Crippen LogP contribution >= 0.6 is 0 Å². The van der Waals surface area contributed by atoms with E-state index in [1.54, 1.807) is 36.4 Å². The first-order chi connectivity index (χ1) is 15.8. The van der Waals surface area contributed by atoms with Crippen LogP contribution in [-0.4, -0.2) is 50.2 Å². The number of nitrogens with zero attached hydrogens (tertiary/aromatic N) is 3. The van der Waals surface area contributed by atoms with Crippen molar-refractivity contribution in [3.05, 3.63) is 59.7 Å². The van der Waals surface area contributed by atoms with Crippen LogP contribution < -0.4 is 5.32 Å². The summed E-state index contributed by atoms with van der Waals surface area (Å²) in [7, 11) is -3.70. The molecule has 2 aromatic rings. The first-order valence-electron chi connectivity index (χ1n) is 10.5. The van der Waals surface area contributed by atoms with Crippen molar-refractivity contribution >= 4 is 33.4 Å². The van der Waals surface area contributed by atoms with Crippen molar-refractivity contribution in [3.63, 3.8) is 0 Å². The zero-order valence-electron chi connectivity index (χ0n) is 17.9. The molecule has 2 heterocycles. The fourth-order valence-corrected chi connectivity index (χ4v) is 5.11. The maximum atomic E-state index is 12.6. The number of likely N-dealkylation sites (tertiary alicyclic amines) is 1. The van der Waals surface area contributed by atoms with Gasteiger partial charge in [0.2, 0.25) is 0 Å². The van der Waals surface area contributed by atoms with Gasteiger partial charge in [0.15, 0.2) is 11.9 Å². The van der Waals surface area contributed by atoms with Crippen LogP contribution in [0.25, 0.3) is 0 Å². The molecular formula is C23H22N4O5S. The highest BCUT2D eigenvalue weighted by Crippen LogP contribution is 2.30. The quantitative estimate of drug-likeness (QED) is 0.685. The van der Waals surface area contributed by atoms with Gasteiger partial charge in [-0.3, -0.25) is 9.59 Å². The lowest BCUT2D eigenvalue weighted by Gasteiger charge is -2.32. The van der Waals surface area contributed by atoms with E-state index >= 15 is 0 Å². The fraction of sp³-hybridized carbons (Fsp3) is 0.304. The van der Waals surface area contributed by atoms with E-state index in [0.29, 0.717) is 48.6 Å². The number of sulfonamides is 1. The van der Waals surface area contributed by atoms with Crippen LogP contribution in [0.3, 0.4) is 0 Å². The van der Waals surface area contributed by atoms with E-state index in [4.69, 9.17) is 10.00 Å². The third-order valence-corrected chi connectivity index (χ3v) is 6.99. The second-order valence-corrected chi connectivity index (χ2v) is 9.48. The van der Waals surface area contributed by atoms with Crippen LogP contribution in [0.15, 0.2) is 57.8 Å². The predicted molar refractivity (Wildman–Crippen MR) is 120 cm³/mol. The number of piperidine rings is 1. The summed E-state index contributed by atoms with van der Waals surface area (Å²) < 4.78 is 33.9. The fourth-order valence-electron chi connectivity index (χ4n) is 3.88. The summed E-state index contributed by atoms with van der Waals surface area (Å²) in [4.78, 5) is 27.0. The lowest BCUT2D eigenvalue weighted by molar-refractivity contribution is -0.158. The third kappa shape index (κ3) is 4.73. The Balaban J connectivity index is 1.32. The number of hydrogen-bond acceptors (Lipinski definition) is 7. The molecule has 1 fully saturated rings. The minimum Gasteiger partial charge on any atom is -0.452 e. The van der Waals surface area contributed by atoms with Crippen molar-refractivity contribution in [1.29, 1.82) is 5.26 Å². The van der Waals surface area contributed by atoms with E-state index in [1.807, 2.05) is 11.0 Å². The number of carbonyl (C=O) groups excluding carboxylic acids is 2. The number of fused-ring (bicyclic) bond motifs is 1. The summed E-state index contributed by atoms with van der Waals surface area (Å²) in [6.45, 7) is 2.39. The van der Waals surface area contributed by atoms with Crippen molar-refractivity contribution in [1.82, 2.24) is 4.90 Å². The summed E-state index contributed by atoms with van der Waals surface area (Å²) in [6, 6.07) is 15.1. The molecular weight excluding hydrogens is 444 g/mol. The Morgan fingerprint density at radius 3 is 2.64 bits per heavy atom. The van der Waals surface area contributed by atoms with Gasteiger partial charge < -0.3 is 15.0 Å². The zero-order valence-corrected chi connectivity index (χ0v) is 18.7. The number of benzene rings is 2. The summed E-state index contributed by atoms with van der Waals surface area (Å²) in [5.74, 6) is -0.945. The van der Waals surface area contributed by atoms with Crippen LogP contribution in [0.2, 0.25) is 0 Å². The minimum atomic E-state index is -3.70. The molecule has 170 valence electrons. The Morgan fingerprint density at radius 1 is 1.18 bits per heavy atom. The lowest BCUT2D eigenvalue weighted by Crippen LogP contribution is -2.41. The number of ether oxygens (including phenoxy) is 1. The molecule has 10 heteroatoms. The van der Waals surface area contributed by atoms with Crippen LogP contribution in [0.1, 0.15) is 30.9 Å². The normalized spacial score (nSPS) is 17.9. The van der Waals surface area contributed by atoms with Crippen LogP contribution in [0, 0.1) is 17.2 Å². The third-order valence-electron chi connectivity index (χ3n) is 5.66. The molecule has 1 saturated heterocycles. The van der Waals surface area contributed by atoms with Crippen molar-refractivity contribution < 1.29 is 22.7 Å². The first-order valence-corrected chi connectivity index (χ1v) is 11.9. The molecule has 0 unspecified atom stereocenters. The molecule has 2 aliphatic heterocycles. The molecule has 1 amide bonds. The van der Waals surface area contributed by atoms with Crippen LogP contribution in [-0.2, 0) is 24.3 Å². The van der Waals surface area contributed by atoms with Crippen molar-refractivity contribution in [2.24, 2.45) is 10.3 Å². The Morgan fingerprint density at radius 2 is 1.91 bits per heavy atom. The Hall–Kier alpha value is -3.71. The number of hydrogen-bond donors (Lipinski definition) is 1. The molecule has 0 spiro atoms. The van der Waals surface area contributed by atoms with Crippen molar-refractivity contribution in [3.8, 4) is 6.07 Å². The van der Waals surface area contributed by atoms with Gasteiger partial charge in [-0.1, -0.05) is 18.2 Å². The summed E-state index contributed by atoms with van der Waals surface area (Å²) in [5, 5.41) is 11.6. The van der Waals surface area contributed by atoms with E-state index in [0.717, 1.165) is 0 Å². The second kappa shape index (κ2) is 9.03. The summed E-state index contributed by atoms with van der Waals surface area (Å²) in [6.07, 6.45) is -0.0884. The second-order valence-electron chi connectivity index (χ2n) is 7.91. The molecule has 2 aliphatic rings.